The minimum atomic E-state index is 0.617. The number of ether oxygens (including phenoxy) is 2. The van der Waals surface area contributed by atoms with E-state index in [1.807, 2.05) is 0 Å². The Balaban J connectivity index is 2.09. The summed E-state index contributed by atoms with van der Waals surface area (Å²) in [6.07, 6.45) is 3.76. The molecule has 1 unspecified atom stereocenters. The molecule has 18 heavy (non-hydrogen) atoms. The average Bonchev–Trinajstić information content (AvgIpc) is 2.84. The van der Waals surface area contributed by atoms with Gasteiger partial charge in [-0.05, 0) is 39.7 Å². The summed E-state index contributed by atoms with van der Waals surface area (Å²) in [6.45, 7) is 10.3. The Morgan fingerprint density at radius 2 is 2.11 bits per heavy atom. The third-order valence-corrected chi connectivity index (χ3v) is 3.51. The van der Waals surface area contributed by atoms with Gasteiger partial charge >= 0.3 is 0 Å². The second kappa shape index (κ2) is 9.73. The van der Waals surface area contributed by atoms with Crippen LogP contribution >= 0.6 is 0 Å². The van der Waals surface area contributed by atoms with Crippen molar-refractivity contribution < 1.29 is 9.47 Å². The van der Waals surface area contributed by atoms with E-state index in [2.05, 4.69) is 24.1 Å². The molecule has 0 bridgehead atoms. The molecule has 108 valence electrons. The molecule has 0 saturated carbocycles. The van der Waals surface area contributed by atoms with Crippen molar-refractivity contribution in [2.24, 2.45) is 0 Å². The van der Waals surface area contributed by atoms with Gasteiger partial charge in [0.2, 0.25) is 0 Å². The van der Waals surface area contributed by atoms with E-state index in [1.165, 1.54) is 25.9 Å². The van der Waals surface area contributed by atoms with Crippen molar-refractivity contribution in [1.82, 2.24) is 10.2 Å². The summed E-state index contributed by atoms with van der Waals surface area (Å²) in [5.74, 6) is 0. The maximum absolute atomic E-state index is 5.51. The highest BCUT2D eigenvalue weighted by Gasteiger charge is 2.19. The fourth-order valence-corrected chi connectivity index (χ4v) is 2.37. The Kier molecular flexibility index (Phi) is 8.59. The Labute approximate surface area is 112 Å². The van der Waals surface area contributed by atoms with Crippen molar-refractivity contribution in [3.8, 4) is 0 Å². The van der Waals surface area contributed by atoms with Gasteiger partial charge < -0.3 is 14.8 Å². The first-order valence-corrected chi connectivity index (χ1v) is 7.28. The molecule has 4 nitrogen and oxygen atoms in total. The van der Waals surface area contributed by atoms with Crippen LogP contribution in [0.5, 0.6) is 0 Å². The van der Waals surface area contributed by atoms with Crippen molar-refractivity contribution in [2.75, 3.05) is 46.6 Å². The van der Waals surface area contributed by atoms with Gasteiger partial charge in [-0.25, -0.2) is 0 Å². The summed E-state index contributed by atoms with van der Waals surface area (Å²) in [5, 5.41) is 3.57. The smallest absolute Gasteiger partial charge is 0.0700 e. The molecule has 1 heterocycles. The largest absolute Gasteiger partial charge is 0.382 e. The number of nitrogens with zero attached hydrogens (tertiary/aromatic N) is 1. The first-order chi connectivity index (χ1) is 8.74. The fraction of sp³-hybridized carbons (Fsp3) is 1.00. The van der Waals surface area contributed by atoms with E-state index in [-0.39, 0.29) is 0 Å². The summed E-state index contributed by atoms with van der Waals surface area (Å²) in [5.41, 5.74) is 0. The lowest BCUT2D eigenvalue weighted by molar-refractivity contribution is 0.0629. The Morgan fingerprint density at radius 3 is 2.72 bits per heavy atom. The predicted molar refractivity (Wildman–Crippen MR) is 75.0 cm³/mol. The second-order valence-electron chi connectivity index (χ2n) is 5.34. The van der Waals surface area contributed by atoms with Crippen LogP contribution in [0.4, 0.5) is 0 Å². The minimum Gasteiger partial charge on any atom is -0.382 e. The van der Waals surface area contributed by atoms with E-state index in [9.17, 15) is 0 Å². The lowest BCUT2D eigenvalue weighted by Crippen LogP contribution is -2.41. The van der Waals surface area contributed by atoms with E-state index < -0.39 is 0 Å². The number of hydrogen-bond donors (Lipinski definition) is 1. The summed E-state index contributed by atoms with van der Waals surface area (Å²) >= 11 is 0. The first kappa shape index (κ1) is 15.9. The van der Waals surface area contributed by atoms with E-state index in [1.54, 1.807) is 7.11 Å². The number of rotatable bonds is 10. The molecule has 4 heteroatoms. The van der Waals surface area contributed by atoms with Gasteiger partial charge in [-0.1, -0.05) is 0 Å². The molecule has 1 atom stereocenters. The molecule has 1 rings (SSSR count). The molecular formula is C14H30N2O2. The van der Waals surface area contributed by atoms with E-state index in [4.69, 9.17) is 9.47 Å². The van der Waals surface area contributed by atoms with E-state index in [0.29, 0.717) is 25.3 Å². The van der Waals surface area contributed by atoms with Crippen LogP contribution in [-0.2, 0) is 9.47 Å². The Bertz CT molecular complexity index is 194. The van der Waals surface area contributed by atoms with Crippen molar-refractivity contribution in [1.29, 1.82) is 0 Å². The maximum Gasteiger partial charge on any atom is 0.0700 e. The van der Waals surface area contributed by atoms with Gasteiger partial charge in [-0.15, -0.1) is 0 Å². The van der Waals surface area contributed by atoms with Gasteiger partial charge in [-0.2, -0.15) is 0 Å². The topological polar surface area (TPSA) is 33.7 Å². The average molecular weight is 258 g/mol. The van der Waals surface area contributed by atoms with Crippen molar-refractivity contribution in [3.63, 3.8) is 0 Å². The summed E-state index contributed by atoms with van der Waals surface area (Å²) < 4.78 is 10.5. The fourth-order valence-electron chi connectivity index (χ4n) is 2.37. The molecular weight excluding hydrogens is 228 g/mol. The molecule has 0 amide bonds. The molecule has 0 spiro atoms. The molecule has 0 aromatic heterocycles. The van der Waals surface area contributed by atoms with Crippen LogP contribution in [0.3, 0.4) is 0 Å². The summed E-state index contributed by atoms with van der Waals surface area (Å²) in [4.78, 5) is 2.56. The van der Waals surface area contributed by atoms with Crippen molar-refractivity contribution >= 4 is 0 Å². The van der Waals surface area contributed by atoms with Crippen LogP contribution in [-0.4, -0.2) is 63.5 Å². The number of methoxy groups -OCH3 is 1. The van der Waals surface area contributed by atoms with Gasteiger partial charge in [-0.3, -0.25) is 4.90 Å². The summed E-state index contributed by atoms with van der Waals surface area (Å²) in [6, 6.07) is 1.31. The molecule has 0 aliphatic carbocycles. The predicted octanol–water partition coefficient (Wildman–Crippen LogP) is 1.50. The normalized spacial score (nSPS) is 20.2. The molecule has 1 aliphatic heterocycles. The Morgan fingerprint density at radius 1 is 1.28 bits per heavy atom. The SMILES string of the molecule is COCCOCCCN(CC1CCCN1)C(C)C. The highest BCUT2D eigenvalue weighted by atomic mass is 16.5. The van der Waals surface area contributed by atoms with Gasteiger partial charge in [0.15, 0.2) is 0 Å². The van der Waals surface area contributed by atoms with Gasteiger partial charge in [0, 0.05) is 38.9 Å². The lowest BCUT2D eigenvalue weighted by Gasteiger charge is -2.29. The van der Waals surface area contributed by atoms with Gasteiger partial charge in [0.25, 0.3) is 0 Å². The van der Waals surface area contributed by atoms with Crippen molar-refractivity contribution in [3.05, 3.63) is 0 Å². The monoisotopic (exact) mass is 258 g/mol. The zero-order valence-electron chi connectivity index (χ0n) is 12.3. The lowest BCUT2D eigenvalue weighted by atomic mass is 10.2. The van der Waals surface area contributed by atoms with Crippen LogP contribution in [0.1, 0.15) is 33.1 Å². The highest BCUT2D eigenvalue weighted by molar-refractivity contribution is 4.79. The first-order valence-electron chi connectivity index (χ1n) is 7.28. The molecule has 1 N–H and O–H groups in total. The standard InChI is InChI=1S/C14H30N2O2/c1-13(2)16(12-14-6-4-7-15-14)8-5-9-18-11-10-17-3/h13-15H,4-12H2,1-3H3. The minimum absolute atomic E-state index is 0.617. The molecule has 0 aromatic rings. The van der Waals surface area contributed by atoms with Gasteiger partial charge in [0.1, 0.15) is 0 Å². The highest BCUT2D eigenvalue weighted by Crippen LogP contribution is 2.09. The van der Waals surface area contributed by atoms with Crippen LogP contribution in [0.2, 0.25) is 0 Å². The van der Waals surface area contributed by atoms with Gasteiger partial charge in [0.05, 0.1) is 13.2 Å². The maximum atomic E-state index is 5.51. The molecule has 0 aromatic carbocycles. The van der Waals surface area contributed by atoms with Crippen LogP contribution < -0.4 is 5.32 Å². The van der Waals surface area contributed by atoms with Crippen LogP contribution in [0, 0.1) is 0 Å². The van der Waals surface area contributed by atoms with Crippen molar-refractivity contribution in [2.45, 2.75) is 45.2 Å². The quantitative estimate of drug-likeness (QED) is 0.602. The van der Waals surface area contributed by atoms with Crippen LogP contribution in [0.25, 0.3) is 0 Å². The molecule has 1 fully saturated rings. The molecule has 0 radical (unpaired) electrons. The zero-order valence-corrected chi connectivity index (χ0v) is 12.3. The molecule has 1 saturated heterocycles. The zero-order chi connectivity index (χ0) is 13.2. The van der Waals surface area contributed by atoms with Crippen LogP contribution in [0.15, 0.2) is 0 Å². The third-order valence-electron chi connectivity index (χ3n) is 3.51. The Hall–Kier alpha value is -0.160. The summed E-state index contributed by atoms with van der Waals surface area (Å²) in [7, 11) is 1.71. The van der Waals surface area contributed by atoms with E-state index >= 15 is 0 Å². The number of hydrogen-bond acceptors (Lipinski definition) is 4. The second-order valence-corrected chi connectivity index (χ2v) is 5.34. The molecule has 1 aliphatic rings. The number of nitrogens with one attached hydrogen (secondary N) is 1. The van der Waals surface area contributed by atoms with E-state index in [0.717, 1.165) is 19.6 Å². The third kappa shape index (κ3) is 6.69.